The lowest BCUT2D eigenvalue weighted by atomic mass is 9.98. The Balaban J connectivity index is 1.42. The molecule has 1 unspecified atom stereocenters. The van der Waals surface area contributed by atoms with Crippen LogP contribution >= 0.6 is 0 Å². The van der Waals surface area contributed by atoms with Crippen LogP contribution in [0.3, 0.4) is 0 Å². The number of carbonyl (C=O) groups excluding carboxylic acids is 2. The first-order valence-corrected chi connectivity index (χ1v) is 8.80. The van der Waals surface area contributed by atoms with Gasteiger partial charge >= 0.3 is 5.97 Å². The van der Waals surface area contributed by atoms with E-state index in [2.05, 4.69) is 10.3 Å². The number of fused-ring (bicyclic) bond motifs is 1. The number of nitrogens with one attached hydrogen (secondary N) is 1. The fraction of sp³-hybridized carbons (Fsp3) is 0.190. The number of benzene rings is 2. The Kier molecular flexibility index (Phi) is 4.70. The van der Waals surface area contributed by atoms with Crippen LogP contribution in [0.15, 0.2) is 67.3 Å². The molecule has 0 saturated heterocycles. The topological polar surface area (TPSA) is 73.2 Å². The molecule has 0 bridgehead atoms. The highest BCUT2D eigenvalue weighted by molar-refractivity contribution is 5.95. The first kappa shape index (κ1) is 17.0. The Morgan fingerprint density at radius 2 is 1.93 bits per heavy atom. The molecule has 2 heterocycles. The van der Waals surface area contributed by atoms with E-state index in [1.54, 1.807) is 24.7 Å². The van der Waals surface area contributed by atoms with Crippen molar-refractivity contribution >= 4 is 11.9 Å². The largest absolute Gasteiger partial charge is 0.448 e. The number of hydrogen-bond donors (Lipinski definition) is 1. The zero-order chi connectivity index (χ0) is 18.6. The van der Waals surface area contributed by atoms with Crippen molar-refractivity contribution in [3.63, 3.8) is 0 Å². The standard InChI is InChI=1S/C21H19N3O3/c25-20(19-11-15-5-3-4-8-18(15)21(26)27-19)23-12-16-6-1-2-7-17(16)13-24-10-9-22-14-24/h1-10,14,19H,11-13H2,(H,23,25). The highest BCUT2D eigenvalue weighted by atomic mass is 16.5. The van der Waals surface area contributed by atoms with Gasteiger partial charge in [-0.2, -0.15) is 0 Å². The minimum atomic E-state index is -0.798. The van der Waals surface area contributed by atoms with Gasteiger partial charge in [0.15, 0.2) is 6.10 Å². The summed E-state index contributed by atoms with van der Waals surface area (Å²) >= 11 is 0. The molecule has 0 radical (unpaired) electrons. The number of nitrogens with zero attached hydrogens (tertiary/aromatic N) is 2. The van der Waals surface area contributed by atoms with Gasteiger partial charge in [-0.25, -0.2) is 9.78 Å². The van der Waals surface area contributed by atoms with Gasteiger partial charge in [-0.15, -0.1) is 0 Å². The van der Waals surface area contributed by atoms with Crippen molar-refractivity contribution in [1.82, 2.24) is 14.9 Å². The molecule has 6 heteroatoms. The Hall–Kier alpha value is -3.41. The van der Waals surface area contributed by atoms with Gasteiger partial charge < -0.3 is 14.6 Å². The van der Waals surface area contributed by atoms with Crippen molar-refractivity contribution in [2.75, 3.05) is 0 Å². The maximum atomic E-state index is 12.6. The molecule has 4 rings (SSSR count). The summed E-state index contributed by atoms with van der Waals surface area (Å²) in [4.78, 5) is 28.7. The molecular formula is C21H19N3O3. The lowest BCUT2D eigenvalue weighted by Gasteiger charge is -2.24. The monoisotopic (exact) mass is 361 g/mol. The summed E-state index contributed by atoms with van der Waals surface area (Å²) in [5, 5.41) is 2.90. The van der Waals surface area contributed by atoms with Crippen molar-refractivity contribution in [3.8, 4) is 0 Å². The van der Waals surface area contributed by atoms with E-state index in [-0.39, 0.29) is 5.91 Å². The van der Waals surface area contributed by atoms with E-state index in [1.807, 2.05) is 47.2 Å². The second-order valence-electron chi connectivity index (χ2n) is 6.48. The number of cyclic esters (lactones) is 1. The Labute approximate surface area is 156 Å². The smallest absolute Gasteiger partial charge is 0.339 e. The molecule has 1 amide bonds. The molecule has 1 N–H and O–H groups in total. The predicted octanol–water partition coefficient (Wildman–Crippen LogP) is 2.33. The summed E-state index contributed by atoms with van der Waals surface area (Å²) in [5.41, 5.74) is 3.49. The highest BCUT2D eigenvalue weighted by Crippen LogP contribution is 2.20. The number of carbonyl (C=O) groups is 2. The van der Waals surface area contributed by atoms with Crippen molar-refractivity contribution in [2.45, 2.75) is 25.6 Å². The quantitative estimate of drug-likeness (QED) is 0.708. The third-order valence-electron chi connectivity index (χ3n) is 4.67. The van der Waals surface area contributed by atoms with E-state index in [9.17, 15) is 9.59 Å². The van der Waals surface area contributed by atoms with Gasteiger partial charge in [-0.05, 0) is 22.8 Å². The van der Waals surface area contributed by atoms with Crippen LogP contribution in [0.4, 0.5) is 0 Å². The molecule has 27 heavy (non-hydrogen) atoms. The number of hydrogen-bond acceptors (Lipinski definition) is 4. The zero-order valence-electron chi connectivity index (χ0n) is 14.7. The minimum absolute atomic E-state index is 0.282. The summed E-state index contributed by atoms with van der Waals surface area (Å²) in [7, 11) is 0. The second kappa shape index (κ2) is 7.45. The first-order chi connectivity index (χ1) is 13.2. The summed E-state index contributed by atoms with van der Waals surface area (Å²) in [6.07, 6.45) is 4.99. The van der Waals surface area contributed by atoms with E-state index in [1.165, 1.54) is 0 Å². The van der Waals surface area contributed by atoms with E-state index >= 15 is 0 Å². The minimum Gasteiger partial charge on any atom is -0.448 e. The third-order valence-corrected chi connectivity index (χ3v) is 4.67. The van der Waals surface area contributed by atoms with Gasteiger partial charge in [-0.3, -0.25) is 4.79 Å². The molecule has 2 aromatic carbocycles. The van der Waals surface area contributed by atoms with Gasteiger partial charge in [0, 0.05) is 31.9 Å². The normalized spacial score (nSPS) is 15.7. The van der Waals surface area contributed by atoms with Crippen LogP contribution in [0.1, 0.15) is 27.0 Å². The van der Waals surface area contributed by atoms with Crippen LogP contribution in [-0.4, -0.2) is 27.5 Å². The van der Waals surface area contributed by atoms with Crippen LogP contribution in [0.25, 0.3) is 0 Å². The molecule has 1 atom stereocenters. The van der Waals surface area contributed by atoms with Crippen molar-refractivity contribution < 1.29 is 14.3 Å². The predicted molar refractivity (Wildman–Crippen MR) is 99.0 cm³/mol. The van der Waals surface area contributed by atoms with Gasteiger partial charge in [0.25, 0.3) is 5.91 Å². The van der Waals surface area contributed by atoms with Crippen LogP contribution in [0.5, 0.6) is 0 Å². The third kappa shape index (κ3) is 3.74. The van der Waals surface area contributed by atoms with Crippen molar-refractivity contribution in [1.29, 1.82) is 0 Å². The highest BCUT2D eigenvalue weighted by Gasteiger charge is 2.30. The van der Waals surface area contributed by atoms with Gasteiger partial charge in [0.2, 0.25) is 0 Å². The average Bonchev–Trinajstić information content (AvgIpc) is 3.20. The molecule has 136 valence electrons. The van der Waals surface area contributed by atoms with Crippen LogP contribution in [-0.2, 0) is 29.0 Å². The number of aromatic nitrogens is 2. The molecule has 1 aliphatic rings. The lowest BCUT2D eigenvalue weighted by molar-refractivity contribution is -0.130. The SMILES string of the molecule is O=C1OC(C(=O)NCc2ccccc2Cn2ccnc2)Cc2ccccc21. The molecule has 0 saturated carbocycles. The Morgan fingerprint density at radius 1 is 1.15 bits per heavy atom. The zero-order valence-corrected chi connectivity index (χ0v) is 14.7. The molecule has 0 aliphatic carbocycles. The first-order valence-electron chi connectivity index (χ1n) is 8.80. The van der Waals surface area contributed by atoms with Crippen molar-refractivity contribution in [3.05, 3.63) is 89.5 Å². The second-order valence-corrected chi connectivity index (χ2v) is 6.48. The average molecular weight is 361 g/mol. The molecule has 6 nitrogen and oxygen atoms in total. The number of rotatable bonds is 5. The van der Waals surface area contributed by atoms with Gasteiger partial charge in [-0.1, -0.05) is 42.5 Å². The Morgan fingerprint density at radius 3 is 2.74 bits per heavy atom. The van der Waals surface area contributed by atoms with E-state index in [0.717, 1.165) is 16.7 Å². The molecule has 1 aromatic heterocycles. The Bertz CT molecular complexity index is 966. The molecule has 0 spiro atoms. The summed E-state index contributed by atoms with van der Waals surface area (Å²) in [6.45, 7) is 1.05. The fourth-order valence-corrected chi connectivity index (χ4v) is 3.24. The van der Waals surface area contributed by atoms with Crippen molar-refractivity contribution in [2.24, 2.45) is 0 Å². The maximum Gasteiger partial charge on any atom is 0.339 e. The van der Waals surface area contributed by atoms with Gasteiger partial charge in [0.05, 0.1) is 11.9 Å². The molecule has 1 aliphatic heterocycles. The summed E-state index contributed by atoms with van der Waals surface area (Å²) in [5.74, 6) is -0.729. The van der Waals surface area contributed by atoms with Crippen LogP contribution in [0.2, 0.25) is 0 Å². The van der Waals surface area contributed by atoms with Gasteiger partial charge in [0.1, 0.15) is 0 Å². The van der Waals surface area contributed by atoms with E-state index in [0.29, 0.717) is 25.1 Å². The number of imidazole rings is 1. The number of amides is 1. The lowest BCUT2D eigenvalue weighted by Crippen LogP contribution is -2.41. The number of esters is 1. The van der Waals surface area contributed by atoms with E-state index < -0.39 is 12.1 Å². The summed E-state index contributed by atoms with van der Waals surface area (Å²) < 4.78 is 7.29. The van der Waals surface area contributed by atoms with Crippen LogP contribution < -0.4 is 5.32 Å². The van der Waals surface area contributed by atoms with Crippen LogP contribution in [0, 0.1) is 0 Å². The molecular weight excluding hydrogens is 342 g/mol. The van der Waals surface area contributed by atoms with E-state index in [4.69, 9.17) is 4.74 Å². The summed E-state index contributed by atoms with van der Waals surface area (Å²) in [6, 6.07) is 15.1. The maximum absolute atomic E-state index is 12.6. The number of ether oxygens (including phenoxy) is 1. The molecule has 0 fully saturated rings. The molecule has 3 aromatic rings. The fourth-order valence-electron chi connectivity index (χ4n) is 3.24.